The second kappa shape index (κ2) is 4.49. The average Bonchev–Trinajstić information content (AvgIpc) is 2.81. The molecule has 0 bridgehead atoms. The van der Waals surface area contributed by atoms with Gasteiger partial charge in [0, 0.05) is 12.0 Å². The van der Waals surface area contributed by atoms with Gasteiger partial charge in [0.1, 0.15) is 0 Å². The summed E-state index contributed by atoms with van der Waals surface area (Å²) in [5.74, 6) is 0.555. The quantitative estimate of drug-likeness (QED) is 0.544. The van der Waals surface area contributed by atoms with Gasteiger partial charge in [0.05, 0.1) is 12.2 Å². The number of nitrogens with one attached hydrogen (secondary N) is 2. The predicted octanol–water partition coefficient (Wildman–Crippen LogP) is 1.08. The molecule has 1 fully saturated rings. The number of carbonyl (C=O) groups is 1. The van der Waals surface area contributed by atoms with Crippen LogP contribution in [0.15, 0.2) is 0 Å². The Balaban J connectivity index is 2.11. The molecule has 1 aliphatic heterocycles. The molecule has 0 aromatic rings. The van der Waals surface area contributed by atoms with Gasteiger partial charge in [0.25, 0.3) is 0 Å². The van der Waals surface area contributed by atoms with Gasteiger partial charge in [-0.15, -0.1) is 0 Å². The molecule has 1 saturated heterocycles. The Morgan fingerprint density at radius 2 is 2.00 bits per heavy atom. The Morgan fingerprint density at radius 1 is 1.40 bits per heavy atom. The molecule has 1 aliphatic rings. The maximum absolute atomic E-state index is 11.5. The van der Waals surface area contributed by atoms with Crippen LogP contribution >= 0.6 is 0 Å². The number of carbonyl (C=O) groups excluding carboxylic acids is 1. The zero-order valence-corrected chi connectivity index (χ0v) is 10.3. The van der Waals surface area contributed by atoms with Crippen LogP contribution in [0.3, 0.4) is 0 Å². The molecular formula is C11H22N2O2. The number of hydrogen-bond donors (Lipinski definition) is 2. The zero-order valence-electron chi connectivity index (χ0n) is 10.3. The number of epoxide rings is 1. The SMILES string of the molecule is CC(C)C1OC1CNNC(=O)C(C)(C)C. The van der Waals surface area contributed by atoms with Gasteiger partial charge >= 0.3 is 0 Å². The number of hydrogen-bond acceptors (Lipinski definition) is 3. The molecule has 1 amide bonds. The lowest BCUT2D eigenvalue weighted by atomic mass is 9.96. The Bertz CT molecular complexity index is 233. The van der Waals surface area contributed by atoms with E-state index in [1.807, 2.05) is 20.8 Å². The van der Waals surface area contributed by atoms with Crippen LogP contribution in [0.25, 0.3) is 0 Å². The maximum Gasteiger partial charge on any atom is 0.239 e. The summed E-state index contributed by atoms with van der Waals surface area (Å²) < 4.78 is 5.43. The van der Waals surface area contributed by atoms with Gasteiger partial charge < -0.3 is 4.74 Å². The smallest absolute Gasteiger partial charge is 0.239 e. The first-order valence-electron chi connectivity index (χ1n) is 5.51. The van der Waals surface area contributed by atoms with Crippen LogP contribution in [-0.2, 0) is 9.53 Å². The second-order valence-corrected chi connectivity index (χ2v) is 5.47. The van der Waals surface area contributed by atoms with E-state index < -0.39 is 0 Å². The van der Waals surface area contributed by atoms with E-state index in [0.29, 0.717) is 18.6 Å². The molecule has 4 heteroatoms. The molecule has 1 heterocycles. The third-order valence-corrected chi connectivity index (χ3v) is 2.47. The van der Waals surface area contributed by atoms with Crippen molar-refractivity contribution in [3.05, 3.63) is 0 Å². The van der Waals surface area contributed by atoms with E-state index >= 15 is 0 Å². The molecule has 0 aromatic carbocycles. The first-order chi connectivity index (χ1) is 6.82. The van der Waals surface area contributed by atoms with Crippen molar-refractivity contribution < 1.29 is 9.53 Å². The third-order valence-electron chi connectivity index (χ3n) is 2.47. The Kier molecular flexibility index (Phi) is 3.73. The Hall–Kier alpha value is -0.610. The lowest BCUT2D eigenvalue weighted by molar-refractivity contribution is -0.129. The van der Waals surface area contributed by atoms with Gasteiger partial charge in [-0.1, -0.05) is 34.6 Å². The Morgan fingerprint density at radius 3 is 2.40 bits per heavy atom. The molecule has 0 radical (unpaired) electrons. The number of hydrazine groups is 1. The predicted molar refractivity (Wildman–Crippen MR) is 59.1 cm³/mol. The lowest BCUT2D eigenvalue weighted by Crippen LogP contribution is -2.45. The largest absolute Gasteiger partial charge is 0.368 e. The van der Waals surface area contributed by atoms with Gasteiger partial charge in [-0.2, -0.15) is 0 Å². The topological polar surface area (TPSA) is 53.7 Å². The monoisotopic (exact) mass is 214 g/mol. The fourth-order valence-corrected chi connectivity index (χ4v) is 1.33. The molecule has 0 aromatic heterocycles. The fraction of sp³-hybridized carbons (Fsp3) is 0.909. The number of amides is 1. The van der Waals surface area contributed by atoms with E-state index in [2.05, 4.69) is 24.7 Å². The van der Waals surface area contributed by atoms with Gasteiger partial charge in [-0.25, -0.2) is 5.43 Å². The van der Waals surface area contributed by atoms with Crippen LogP contribution in [0, 0.1) is 11.3 Å². The van der Waals surface area contributed by atoms with Crippen molar-refractivity contribution in [3.63, 3.8) is 0 Å². The first kappa shape index (κ1) is 12.5. The van der Waals surface area contributed by atoms with Gasteiger partial charge in [-0.05, 0) is 5.92 Å². The minimum Gasteiger partial charge on any atom is -0.368 e. The van der Waals surface area contributed by atoms with Gasteiger partial charge in [0.2, 0.25) is 5.91 Å². The van der Waals surface area contributed by atoms with Crippen LogP contribution in [0.5, 0.6) is 0 Å². The molecule has 15 heavy (non-hydrogen) atoms. The van der Waals surface area contributed by atoms with Crippen LogP contribution in [0.1, 0.15) is 34.6 Å². The summed E-state index contributed by atoms with van der Waals surface area (Å²) in [5, 5.41) is 0. The molecule has 0 spiro atoms. The zero-order chi connectivity index (χ0) is 11.6. The fourth-order valence-electron chi connectivity index (χ4n) is 1.33. The van der Waals surface area contributed by atoms with Crippen LogP contribution in [0.2, 0.25) is 0 Å². The Labute approximate surface area is 91.7 Å². The van der Waals surface area contributed by atoms with E-state index in [-0.39, 0.29) is 17.4 Å². The summed E-state index contributed by atoms with van der Waals surface area (Å²) >= 11 is 0. The summed E-state index contributed by atoms with van der Waals surface area (Å²) in [6.07, 6.45) is 0.606. The van der Waals surface area contributed by atoms with Crippen LogP contribution in [0.4, 0.5) is 0 Å². The van der Waals surface area contributed by atoms with Crippen LogP contribution < -0.4 is 10.9 Å². The summed E-state index contributed by atoms with van der Waals surface area (Å²) in [6.45, 7) is 10.6. The standard InChI is InChI=1S/C11H22N2O2/c1-7(2)9-8(15-9)6-12-13-10(14)11(3,4)5/h7-9,12H,6H2,1-5H3,(H,13,14). The molecule has 0 saturated carbocycles. The van der Waals surface area contributed by atoms with Crippen LogP contribution in [-0.4, -0.2) is 24.7 Å². The molecule has 88 valence electrons. The highest BCUT2D eigenvalue weighted by molar-refractivity contribution is 5.80. The minimum atomic E-state index is -0.352. The van der Waals surface area contributed by atoms with Crippen molar-refractivity contribution in [1.29, 1.82) is 0 Å². The molecule has 2 atom stereocenters. The van der Waals surface area contributed by atoms with Crippen molar-refractivity contribution in [2.75, 3.05) is 6.54 Å². The second-order valence-electron chi connectivity index (χ2n) is 5.47. The highest BCUT2D eigenvalue weighted by Crippen LogP contribution is 2.28. The van der Waals surface area contributed by atoms with Crippen molar-refractivity contribution in [3.8, 4) is 0 Å². The summed E-state index contributed by atoms with van der Waals surface area (Å²) in [4.78, 5) is 11.5. The van der Waals surface area contributed by atoms with E-state index in [9.17, 15) is 4.79 Å². The minimum absolute atomic E-state index is 0.00393. The van der Waals surface area contributed by atoms with Crippen molar-refractivity contribution in [2.45, 2.75) is 46.8 Å². The summed E-state index contributed by atoms with van der Waals surface area (Å²) in [5.41, 5.74) is 5.25. The summed E-state index contributed by atoms with van der Waals surface area (Å²) in [7, 11) is 0. The van der Waals surface area contributed by atoms with Gasteiger partial charge in [-0.3, -0.25) is 10.2 Å². The normalized spacial score (nSPS) is 25.5. The van der Waals surface area contributed by atoms with Crippen molar-refractivity contribution >= 4 is 5.91 Å². The first-order valence-corrected chi connectivity index (χ1v) is 5.51. The third kappa shape index (κ3) is 3.80. The average molecular weight is 214 g/mol. The molecule has 2 unspecified atom stereocenters. The van der Waals surface area contributed by atoms with Gasteiger partial charge in [0.15, 0.2) is 0 Å². The molecule has 4 nitrogen and oxygen atoms in total. The van der Waals surface area contributed by atoms with E-state index in [1.165, 1.54) is 0 Å². The van der Waals surface area contributed by atoms with E-state index in [1.54, 1.807) is 0 Å². The maximum atomic E-state index is 11.5. The molecule has 0 aliphatic carbocycles. The number of rotatable bonds is 4. The van der Waals surface area contributed by atoms with Crippen molar-refractivity contribution in [1.82, 2.24) is 10.9 Å². The van der Waals surface area contributed by atoms with Crippen molar-refractivity contribution in [2.24, 2.45) is 11.3 Å². The highest BCUT2D eigenvalue weighted by atomic mass is 16.6. The molecule has 2 N–H and O–H groups in total. The van der Waals surface area contributed by atoms with E-state index in [4.69, 9.17) is 4.74 Å². The molecular weight excluding hydrogens is 192 g/mol. The number of ether oxygens (including phenoxy) is 1. The highest BCUT2D eigenvalue weighted by Gasteiger charge is 2.40. The molecule has 1 rings (SSSR count). The van der Waals surface area contributed by atoms with E-state index in [0.717, 1.165) is 0 Å². The lowest BCUT2D eigenvalue weighted by Gasteiger charge is -2.17. The summed E-state index contributed by atoms with van der Waals surface area (Å²) in [6, 6.07) is 0.